The van der Waals surface area contributed by atoms with Crippen LogP contribution in [0.3, 0.4) is 0 Å². The SMILES string of the molecule is CCC1CCN(C(=O)c2ccc(S(=O)(=O)Cl)cc2)C1. The molecule has 0 bridgehead atoms. The van der Waals surface area contributed by atoms with E-state index in [0.717, 1.165) is 25.9 Å². The van der Waals surface area contributed by atoms with Gasteiger partial charge in [0.2, 0.25) is 0 Å². The molecule has 1 amide bonds. The normalized spacial score (nSPS) is 19.7. The number of carbonyl (C=O) groups is 1. The van der Waals surface area contributed by atoms with Gasteiger partial charge in [0.1, 0.15) is 0 Å². The van der Waals surface area contributed by atoms with Crippen LogP contribution in [-0.4, -0.2) is 32.3 Å². The lowest BCUT2D eigenvalue weighted by molar-refractivity contribution is 0.0787. The first-order valence-electron chi connectivity index (χ1n) is 6.26. The number of benzene rings is 1. The minimum Gasteiger partial charge on any atom is -0.338 e. The number of amides is 1. The van der Waals surface area contributed by atoms with E-state index in [9.17, 15) is 13.2 Å². The van der Waals surface area contributed by atoms with Gasteiger partial charge < -0.3 is 4.90 Å². The first-order valence-corrected chi connectivity index (χ1v) is 8.56. The number of rotatable bonds is 3. The molecule has 104 valence electrons. The number of hydrogen-bond donors (Lipinski definition) is 0. The number of halogens is 1. The quantitative estimate of drug-likeness (QED) is 0.806. The molecule has 1 unspecified atom stereocenters. The molecule has 0 saturated carbocycles. The number of likely N-dealkylation sites (tertiary alicyclic amines) is 1. The van der Waals surface area contributed by atoms with Crippen LogP contribution in [0.4, 0.5) is 0 Å². The maximum Gasteiger partial charge on any atom is 0.261 e. The van der Waals surface area contributed by atoms with Gasteiger partial charge in [0.15, 0.2) is 0 Å². The second kappa shape index (κ2) is 5.51. The summed E-state index contributed by atoms with van der Waals surface area (Å²) < 4.78 is 22.2. The van der Waals surface area contributed by atoms with Gasteiger partial charge in [-0.1, -0.05) is 13.3 Å². The lowest BCUT2D eigenvalue weighted by Crippen LogP contribution is -2.28. The summed E-state index contributed by atoms with van der Waals surface area (Å²) in [6.45, 7) is 3.68. The standard InChI is InChI=1S/C13H16ClNO3S/c1-2-10-7-8-15(9-10)13(16)11-3-5-12(6-4-11)19(14,17)18/h3-6,10H,2,7-9H2,1H3. The third-order valence-corrected chi connectivity index (χ3v) is 4.90. The molecule has 4 nitrogen and oxygen atoms in total. The highest BCUT2D eigenvalue weighted by Crippen LogP contribution is 2.22. The molecular weight excluding hydrogens is 286 g/mol. The molecule has 1 aromatic carbocycles. The molecule has 1 saturated heterocycles. The van der Waals surface area contributed by atoms with Crippen molar-refractivity contribution >= 4 is 25.6 Å². The predicted octanol–water partition coefficient (Wildman–Crippen LogP) is 2.49. The molecule has 0 radical (unpaired) electrons. The first-order chi connectivity index (χ1) is 8.91. The van der Waals surface area contributed by atoms with E-state index in [4.69, 9.17) is 10.7 Å². The fraction of sp³-hybridized carbons (Fsp3) is 0.462. The molecule has 0 aromatic heterocycles. The molecule has 1 aromatic rings. The second-order valence-electron chi connectivity index (χ2n) is 4.78. The topological polar surface area (TPSA) is 54.5 Å². The third-order valence-electron chi connectivity index (χ3n) is 3.53. The highest BCUT2D eigenvalue weighted by molar-refractivity contribution is 8.13. The van der Waals surface area contributed by atoms with Crippen LogP contribution in [0.15, 0.2) is 29.2 Å². The van der Waals surface area contributed by atoms with Crippen LogP contribution >= 0.6 is 10.7 Å². The third kappa shape index (κ3) is 3.28. The van der Waals surface area contributed by atoms with E-state index >= 15 is 0 Å². The van der Waals surface area contributed by atoms with E-state index in [-0.39, 0.29) is 10.8 Å². The van der Waals surface area contributed by atoms with E-state index in [1.807, 2.05) is 4.90 Å². The summed E-state index contributed by atoms with van der Waals surface area (Å²) in [5.74, 6) is 0.529. The summed E-state index contributed by atoms with van der Waals surface area (Å²) in [6, 6.07) is 5.75. The molecule has 1 aliphatic rings. The maximum absolute atomic E-state index is 12.2. The average Bonchev–Trinajstić information content (AvgIpc) is 2.86. The van der Waals surface area contributed by atoms with E-state index in [2.05, 4.69) is 6.92 Å². The maximum atomic E-state index is 12.2. The smallest absolute Gasteiger partial charge is 0.261 e. The second-order valence-corrected chi connectivity index (χ2v) is 7.34. The zero-order valence-electron chi connectivity index (χ0n) is 10.7. The molecule has 1 atom stereocenters. The Balaban J connectivity index is 2.13. The van der Waals surface area contributed by atoms with E-state index in [0.29, 0.717) is 11.5 Å². The molecule has 0 aliphatic carbocycles. The summed E-state index contributed by atoms with van der Waals surface area (Å²) in [6.07, 6.45) is 2.11. The van der Waals surface area contributed by atoms with Gasteiger partial charge in [0.25, 0.3) is 15.0 Å². The van der Waals surface area contributed by atoms with Crippen molar-refractivity contribution in [2.24, 2.45) is 5.92 Å². The predicted molar refractivity (Wildman–Crippen MR) is 73.8 cm³/mol. The molecule has 6 heteroatoms. The fourth-order valence-corrected chi connectivity index (χ4v) is 3.06. The van der Waals surface area contributed by atoms with Crippen molar-refractivity contribution in [1.82, 2.24) is 4.90 Å². The monoisotopic (exact) mass is 301 g/mol. The van der Waals surface area contributed by atoms with E-state index in [1.165, 1.54) is 24.3 Å². The van der Waals surface area contributed by atoms with Crippen molar-refractivity contribution in [3.63, 3.8) is 0 Å². The Bertz CT molecular complexity index is 568. The lowest BCUT2D eigenvalue weighted by atomic mass is 10.1. The molecule has 1 heterocycles. The van der Waals surface area contributed by atoms with Gasteiger partial charge in [0.05, 0.1) is 4.90 Å². The number of hydrogen-bond acceptors (Lipinski definition) is 3. The van der Waals surface area contributed by atoms with E-state index in [1.54, 1.807) is 0 Å². The Morgan fingerprint density at radius 3 is 2.47 bits per heavy atom. The van der Waals surface area contributed by atoms with Crippen molar-refractivity contribution in [1.29, 1.82) is 0 Å². The Morgan fingerprint density at radius 2 is 2.00 bits per heavy atom. The summed E-state index contributed by atoms with van der Waals surface area (Å²) in [4.78, 5) is 14.0. The zero-order chi connectivity index (χ0) is 14.0. The molecule has 0 spiro atoms. The van der Waals surface area contributed by atoms with Crippen LogP contribution in [-0.2, 0) is 9.05 Å². The van der Waals surface area contributed by atoms with E-state index < -0.39 is 9.05 Å². The van der Waals surface area contributed by atoms with Crippen molar-refractivity contribution in [2.45, 2.75) is 24.7 Å². The summed E-state index contributed by atoms with van der Waals surface area (Å²) in [5.41, 5.74) is 0.501. The summed E-state index contributed by atoms with van der Waals surface area (Å²) in [7, 11) is 1.50. The van der Waals surface area contributed by atoms with Crippen LogP contribution in [0, 0.1) is 5.92 Å². The van der Waals surface area contributed by atoms with Gasteiger partial charge in [-0.2, -0.15) is 0 Å². The van der Waals surface area contributed by atoms with Gasteiger partial charge in [-0.15, -0.1) is 0 Å². The van der Waals surface area contributed by atoms with Crippen LogP contribution in [0.25, 0.3) is 0 Å². The molecule has 1 aliphatic heterocycles. The van der Waals surface area contributed by atoms with Gasteiger partial charge in [-0.05, 0) is 36.6 Å². The van der Waals surface area contributed by atoms with Gasteiger partial charge in [-0.3, -0.25) is 4.79 Å². The molecule has 2 rings (SSSR count). The zero-order valence-corrected chi connectivity index (χ0v) is 12.2. The fourth-order valence-electron chi connectivity index (χ4n) is 2.29. The van der Waals surface area contributed by atoms with Crippen molar-refractivity contribution in [3.05, 3.63) is 29.8 Å². The Labute approximate surface area is 117 Å². The molecular formula is C13H16ClNO3S. The van der Waals surface area contributed by atoms with Crippen LogP contribution in [0.5, 0.6) is 0 Å². The summed E-state index contributed by atoms with van der Waals surface area (Å²) >= 11 is 0. The minimum absolute atomic E-state index is 0.0126. The highest BCUT2D eigenvalue weighted by atomic mass is 35.7. The van der Waals surface area contributed by atoms with Crippen molar-refractivity contribution < 1.29 is 13.2 Å². The van der Waals surface area contributed by atoms with Crippen molar-refractivity contribution in [2.75, 3.05) is 13.1 Å². The van der Waals surface area contributed by atoms with Crippen LogP contribution in [0.1, 0.15) is 30.1 Å². The number of carbonyl (C=O) groups excluding carboxylic acids is 1. The van der Waals surface area contributed by atoms with Crippen molar-refractivity contribution in [3.8, 4) is 0 Å². The van der Waals surface area contributed by atoms with Gasteiger partial charge >= 0.3 is 0 Å². The first kappa shape index (κ1) is 14.3. The average molecular weight is 302 g/mol. The Morgan fingerprint density at radius 1 is 1.37 bits per heavy atom. The molecule has 1 fully saturated rings. The van der Waals surface area contributed by atoms with Gasteiger partial charge in [0, 0.05) is 29.3 Å². The lowest BCUT2D eigenvalue weighted by Gasteiger charge is -2.16. The minimum atomic E-state index is -3.73. The highest BCUT2D eigenvalue weighted by Gasteiger charge is 2.25. The van der Waals surface area contributed by atoms with Gasteiger partial charge in [-0.25, -0.2) is 8.42 Å². The molecule has 19 heavy (non-hydrogen) atoms. The Hall–Kier alpha value is -1.07. The van der Waals surface area contributed by atoms with Crippen LogP contribution in [0.2, 0.25) is 0 Å². The van der Waals surface area contributed by atoms with Crippen LogP contribution < -0.4 is 0 Å². The summed E-state index contributed by atoms with van der Waals surface area (Å²) in [5, 5.41) is 0. The Kier molecular flexibility index (Phi) is 4.16. The molecule has 0 N–H and O–H groups in total. The largest absolute Gasteiger partial charge is 0.338 e. The number of nitrogens with zero attached hydrogens (tertiary/aromatic N) is 1.